The molecule has 0 fully saturated rings. The van der Waals surface area contributed by atoms with Gasteiger partial charge in [0.15, 0.2) is 4.96 Å². The Hall–Kier alpha value is -0.870. The molecule has 4 heteroatoms. The van der Waals surface area contributed by atoms with Gasteiger partial charge in [-0.2, -0.15) is 0 Å². The van der Waals surface area contributed by atoms with E-state index < -0.39 is 0 Å². The second-order valence-corrected chi connectivity index (χ2v) is 5.55. The van der Waals surface area contributed by atoms with E-state index in [0.29, 0.717) is 5.92 Å². The van der Waals surface area contributed by atoms with E-state index in [-0.39, 0.29) is 0 Å². The third kappa shape index (κ3) is 3.54. The van der Waals surface area contributed by atoms with Crippen molar-refractivity contribution in [3.63, 3.8) is 0 Å². The lowest BCUT2D eigenvalue weighted by atomic mass is 10.0. The molecule has 2 heterocycles. The molecule has 0 amide bonds. The number of hydrogen-bond acceptors (Lipinski definition) is 3. The van der Waals surface area contributed by atoms with Crippen molar-refractivity contribution in [2.45, 2.75) is 33.1 Å². The third-order valence-electron chi connectivity index (χ3n) is 2.94. The first-order valence-corrected chi connectivity index (χ1v) is 7.29. The lowest BCUT2D eigenvalue weighted by Gasteiger charge is -2.09. The van der Waals surface area contributed by atoms with Gasteiger partial charge >= 0.3 is 0 Å². The summed E-state index contributed by atoms with van der Waals surface area (Å²) in [5.41, 5.74) is 1.22. The maximum Gasteiger partial charge on any atom is 0.193 e. The minimum Gasteiger partial charge on any atom is -0.317 e. The molecule has 0 radical (unpaired) electrons. The van der Waals surface area contributed by atoms with Crippen molar-refractivity contribution in [3.8, 4) is 0 Å². The molecule has 2 rings (SSSR count). The molecule has 2 aromatic heterocycles. The number of rotatable bonds is 7. The number of thiazole rings is 1. The summed E-state index contributed by atoms with van der Waals surface area (Å²) in [6.45, 7) is 6.76. The van der Waals surface area contributed by atoms with Crippen LogP contribution in [0.15, 0.2) is 17.8 Å². The number of aromatic nitrogens is 2. The lowest BCUT2D eigenvalue weighted by Crippen LogP contribution is -2.18. The van der Waals surface area contributed by atoms with Crippen LogP contribution in [0, 0.1) is 5.92 Å². The molecule has 0 aliphatic heterocycles. The van der Waals surface area contributed by atoms with Crippen LogP contribution in [0.1, 0.15) is 32.4 Å². The van der Waals surface area contributed by atoms with Crippen LogP contribution in [0.25, 0.3) is 4.96 Å². The zero-order valence-electron chi connectivity index (χ0n) is 10.6. The first-order chi connectivity index (χ1) is 8.29. The molecular formula is C13H21N3S. The summed E-state index contributed by atoms with van der Waals surface area (Å²) < 4.78 is 2.11. The summed E-state index contributed by atoms with van der Waals surface area (Å²) >= 11 is 1.70. The van der Waals surface area contributed by atoms with E-state index >= 15 is 0 Å². The summed E-state index contributed by atoms with van der Waals surface area (Å²) in [4.78, 5) is 5.73. The van der Waals surface area contributed by atoms with Crippen molar-refractivity contribution >= 4 is 16.3 Å². The molecule has 0 aliphatic rings. The highest BCUT2D eigenvalue weighted by atomic mass is 32.1. The Morgan fingerprint density at radius 3 is 3.12 bits per heavy atom. The fraction of sp³-hybridized carbons (Fsp3) is 0.615. The van der Waals surface area contributed by atoms with E-state index in [1.165, 1.54) is 18.5 Å². The largest absolute Gasteiger partial charge is 0.317 e. The molecule has 0 spiro atoms. The Kier molecular flexibility index (Phi) is 4.57. The second kappa shape index (κ2) is 6.17. The Morgan fingerprint density at radius 2 is 2.35 bits per heavy atom. The first kappa shape index (κ1) is 12.6. The van der Waals surface area contributed by atoms with E-state index in [9.17, 15) is 0 Å². The van der Waals surface area contributed by atoms with Gasteiger partial charge in [-0.1, -0.05) is 13.8 Å². The molecule has 94 valence electrons. The third-order valence-corrected chi connectivity index (χ3v) is 3.71. The maximum atomic E-state index is 4.62. The highest BCUT2D eigenvalue weighted by Crippen LogP contribution is 2.15. The van der Waals surface area contributed by atoms with Crippen molar-refractivity contribution in [2.75, 3.05) is 13.1 Å². The van der Waals surface area contributed by atoms with Crippen molar-refractivity contribution in [2.24, 2.45) is 5.92 Å². The van der Waals surface area contributed by atoms with Crippen LogP contribution in [0.2, 0.25) is 0 Å². The molecule has 0 aromatic carbocycles. The van der Waals surface area contributed by atoms with Crippen molar-refractivity contribution in [1.29, 1.82) is 0 Å². The van der Waals surface area contributed by atoms with Crippen LogP contribution < -0.4 is 5.32 Å². The van der Waals surface area contributed by atoms with E-state index in [1.807, 2.05) is 0 Å². The predicted molar refractivity (Wildman–Crippen MR) is 73.7 cm³/mol. The molecule has 0 aliphatic carbocycles. The number of fused-ring (bicyclic) bond motifs is 1. The van der Waals surface area contributed by atoms with Gasteiger partial charge in [0.2, 0.25) is 0 Å². The van der Waals surface area contributed by atoms with E-state index in [4.69, 9.17) is 0 Å². The van der Waals surface area contributed by atoms with Gasteiger partial charge in [-0.3, -0.25) is 4.40 Å². The lowest BCUT2D eigenvalue weighted by molar-refractivity contribution is 0.495. The number of imidazole rings is 1. The topological polar surface area (TPSA) is 29.3 Å². The Balaban J connectivity index is 1.78. The fourth-order valence-corrected chi connectivity index (χ4v) is 2.70. The normalized spacial score (nSPS) is 13.3. The highest BCUT2D eigenvalue weighted by Gasteiger charge is 2.07. The average Bonchev–Trinajstić information content (AvgIpc) is 2.84. The minimum atomic E-state index is 0.698. The molecule has 0 saturated heterocycles. The van der Waals surface area contributed by atoms with E-state index in [0.717, 1.165) is 24.5 Å². The number of nitrogens with one attached hydrogen (secondary N) is 1. The van der Waals surface area contributed by atoms with Gasteiger partial charge in [-0.25, -0.2) is 4.98 Å². The number of hydrogen-bond donors (Lipinski definition) is 1. The van der Waals surface area contributed by atoms with Crippen LogP contribution in [0.4, 0.5) is 0 Å². The summed E-state index contributed by atoms with van der Waals surface area (Å²) in [7, 11) is 0. The summed E-state index contributed by atoms with van der Waals surface area (Å²) in [6, 6.07) is 0. The molecule has 1 N–H and O–H groups in total. The van der Waals surface area contributed by atoms with Gasteiger partial charge < -0.3 is 5.32 Å². The molecule has 3 nitrogen and oxygen atoms in total. The van der Waals surface area contributed by atoms with Gasteiger partial charge in [0.05, 0.1) is 5.69 Å². The van der Waals surface area contributed by atoms with Crippen molar-refractivity contribution in [3.05, 3.63) is 23.5 Å². The predicted octanol–water partition coefficient (Wildman–Crippen LogP) is 2.96. The highest BCUT2D eigenvalue weighted by molar-refractivity contribution is 7.15. The van der Waals surface area contributed by atoms with Crippen LogP contribution in [-0.4, -0.2) is 22.5 Å². The standard InChI is InChI=1S/C13H21N3S/c1-3-5-14-6-4-11(2)9-12-10-16-7-8-17-13(16)15-12/h7-8,10-11,14H,3-6,9H2,1-2H3. The van der Waals surface area contributed by atoms with Crippen LogP contribution in [0.3, 0.4) is 0 Å². The van der Waals surface area contributed by atoms with Crippen LogP contribution in [-0.2, 0) is 6.42 Å². The molecule has 0 saturated carbocycles. The van der Waals surface area contributed by atoms with Gasteiger partial charge in [-0.15, -0.1) is 11.3 Å². The Labute approximate surface area is 107 Å². The van der Waals surface area contributed by atoms with Gasteiger partial charge in [-0.05, 0) is 38.3 Å². The average molecular weight is 251 g/mol. The summed E-state index contributed by atoms with van der Waals surface area (Å²) in [5.74, 6) is 0.698. The Bertz CT molecular complexity index is 418. The minimum absolute atomic E-state index is 0.698. The number of nitrogens with zero attached hydrogens (tertiary/aromatic N) is 2. The molecule has 0 bridgehead atoms. The summed E-state index contributed by atoms with van der Waals surface area (Å²) in [6.07, 6.45) is 7.75. The monoisotopic (exact) mass is 251 g/mol. The quantitative estimate of drug-likeness (QED) is 0.767. The molecule has 1 atom stereocenters. The molecule has 17 heavy (non-hydrogen) atoms. The van der Waals surface area contributed by atoms with Crippen LogP contribution >= 0.6 is 11.3 Å². The SMILES string of the molecule is CCCNCCC(C)Cc1cn2ccsc2n1. The van der Waals surface area contributed by atoms with E-state index in [1.54, 1.807) is 11.3 Å². The molecule has 1 unspecified atom stereocenters. The second-order valence-electron chi connectivity index (χ2n) is 4.67. The maximum absolute atomic E-state index is 4.62. The first-order valence-electron chi connectivity index (χ1n) is 6.41. The Morgan fingerprint density at radius 1 is 1.47 bits per heavy atom. The van der Waals surface area contributed by atoms with Gasteiger partial charge in [0.1, 0.15) is 0 Å². The zero-order valence-corrected chi connectivity index (χ0v) is 11.5. The fourth-order valence-electron chi connectivity index (χ4n) is 1.98. The van der Waals surface area contributed by atoms with Gasteiger partial charge in [0, 0.05) is 17.8 Å². The zero-order chi connectivity index (χ0) is 12.1. The smallest absolute Gasteiger partial charge is 0.193 e. The molecular weight excluding hydrogens is 230 g/mol. The van der Waals surface area contributed by atoms with Crippen LogP contribution in [0.5, 0.6) is 0 Å². The molecule has 2 aromatic rings. The summed E-state index contributed by atoms with van der Waals surface area (Å²) in [5, 5.41) is 5.52. The van der Waals surface area contributed by atoms with Crippen molar-refractivity contribution in [1.82, 2.24) is 14.7 Å². The van der Waals surface area contributed by atoms with E-state index in [2.05, 4.69) is 46.3 Å². The van der Waals surface area contributed by atoms with Gasteiger partial charge in [0.25, 0.3) is 0 Å². The van der Waals surface area contributed by atoms with Crippen molar-refractivity contribution < 1.29 is 0 Å².